The van der Waals surface area contributed by atoms with Crippen molar-refractivity contribution in [2.75, 3.05) is 21.1 Å². The van der Waals surface area contributed by atoms with E-state index >= 15 is 0 Å². The summed E-state index contributed by atoms with van der Waals surface area (Å²) in [4.78, 5) is 11.1. The van der Waals surface area contributed by atoms with Gasteiger partial charge in [-0.15, -0.1) is 0 Å². The maximum Gasteiger partial charge on any atom is 0.394 e. The van der Waals surface area contributed by atoms with Crippen LogP contribution < -0.4 is 5.11 Å². The van der Waals surface area contributed by atoms with E-state index in [9.17, 15) is 9.90 Å². The Kier molecular flexibility index (Phi) is 15.4. The number of carboxylic acids is 1. The van der Waals surface area contributed by atoms with Crippen molar-refractivity contribution in [2.24, 2.45) is 0 Å². The van der Waals surface area contributed by atoms with Gasteiger partial charge in [-0.05, 0) is 6.42 Å². The molecule has 0 saturated heterocycles. The maximum absolute atomic E-state index is 11.1. The van der Waals surface area contributed by atoms with Crippen LogP contribution in [0.25, 0.3) is 0 Å². The molecule has 0 aliphatic rings. The van der Waals surface area contributed by atoms with E-state index in [-0.39, 0.29) is 6.04 Å². The Hall–Kier alpha value is -0.700. The van der Waals surface area contributed by atoms with Gasteiger partial charge < -0.3 is 14.4 Å². The molecule has 0 saturated carbocycles. The third-order valence-corrected chi connectivity index (χ3v) is 4.04. The molecule has 0 bridgehead atoms. The second-order valence-corrected chi connectivity index (χ2v) is 8.27. The van der Waals surface area contributed by atoms with Crippen LogP contribution >= 0.6 is 0 Å². The Balaban J connectivity index is 0. The van der Waals surface area contributed by atoms with Crippen LogP contribution in [0.15, 0.2) is 0 Å². The molecular formula is C17H37NO6S. The number of likely N-dealkylation sites (N-methyl/N-ethyl adjacent to an activating group) is 1. The first-order valence-electron chi connectivity index (χ1n) is 9.11. The fourth-order valence-electron chi connectivity index (χ4n) is 2.65. The van der Waals surface area contributed by atoms with Crippen LogP contribution in [-0.4, -0.2) is 55.2 Å². The van der Waals surface area contributed by atoms with Gasteiger partial charge in [0.2, 0.25) is 0 Å². The van der Waals surface area contributed by atoms with Crippen LogP contribution in [0.5, 0.6) is 0 Å². The van der Waals surface area contributed by atoms with Crippen LogP contribution in [0, 0.1) is 0 Å². The molecule has 1 atom stereocenters. The zero-order valence-electron chi connectivity index (χ0n) is 16.2. The van der Waals surface area contributed by atoms with E-state index in [0.29, 0.717) is 4.48 Å². The van der Waals surface area contributed by atoms with E-state index in [1.165, 1.54) is 51.4 Å². The fourth-order valence-corrected chi connectivity index (χ4v) is 2.65. The smallest absolute Gasteiger partial charge is 0.394 e. The van der Waals surface area contributed by atoms with Crippen LogP contribution in [0.4, 0.5) is 0 Å². The average molecular weight is 384 g/mol. The minimum absolute atomic E-state index is 0.371. The van der Waals surface area contributed by atoms with Crippen molar-refractivity contribution >= 4 is 16.4 Å². The highest BCUT2D eigenvalue weighted by Gasteiger charge is 2.24. The highest BCUT2D eigenvalue weighted by molar-refractivity contribution is 7.79. The van der Waals surface area contributed by atoms with Crippen molar-refractivity contribution in [1.82, 2.24) is 0 Å². The highest BCUT2D eigenvalue weighted by Crippen LogP contribution is 2.15. The van der Waals surface area contributed by atoms with Gasteiger partial charge in [0.15, 0.2) is 0 Å². The average Bonchev–Trinajstić information content (AvgIpc) is 2.41. The summed E-state index contributed by atoms with van der Waals surface area (Å²) in [7, 11) is 1.12. The van der Waals surface area contributed by atoms with Gasteiger partial charge in [0.05, 0.1) is 27.1 Å². The second-order valence-electron chi connectivity index (χ2n) is 7.37. The van der Waals surface area contributed by atoms with Crippen molar-refractivity contribution in [1.29, 1.82) is 0 Å². The van der Waals surface area contributed by atoms with Gasteiger partial charge in [-0.25, -0.2) is 0 Å². The van der Waals surface area contributed by atoms with E-state index in [4.69, 9.17) is 17.5 Å². The summed E-state index contributed by atoms with van der Waals surface area (Å²) in [5.41, 5.74) is 0. The molecule has 0 heterocycles. The fraction of sp³-hybridized carbons (Fsp3) is 0.941. The SMILES string of the molecule is CCCCCCCCCCCCC(C(=O)[O-])[N+](C)(C)C.O=S(=O)(O)O. The zero-order valence-corrected chi connectivity index (χ0v) is 17.1. The zero-order chi connectivity index (χ0) is 19.9. The van der Waals surface area contributed by atoms with Crippen molar-refractivity contribution in [3.63, 3.8) is 0 Å². The molecule has 0 aliphatic heterocycles. The number of unbranched alkanes of at least 4 members (excludes halogenated alkanes) is 9. The lowest BCUT2D eigenvalue weighted by Crippen LogP contribution is -2.54. The number of quaternary nitrogens is 1. The summed E-state index contributed by atoms with van der Waals surface area (Å²) in [5, 5.41) is 11.1. The molecule has 8 heteroatoms. The summed E-state index contributed by atoms with van der Waals surface area (Å²) in [6, 6.07) is -0.371. The van der Waals surface area contributed by atoms with Gasteiger partial charge in [-0.2, -0.15) is 8.42 Å². The number of aliphatic carboxylic acids is 1. The Labute approximate surface area is 153 Å². The normalized spacial score (nSPS) is 13.0. The third kappa shape index (κ3) is 23.3. The van der Waals surface area contributed by atoms with Crippen LogP contribution in [0.3, 0.4) is 0 Å². The van der Waals surface area contributed by atoms with E-state index in [1.54, 1.807) is 0 Å². The third-order valence-electron chi connectivity index (χ3n) is 4.04. The molecule has 0 aliphatic carbocycles. The molecule has 7 nitrogen and oxygen atoms in total. The molecule has 0 spiro atoms. The molecule has 0 aromatic heterocycles. The number of nitrogens with zero attached hydrogens (tertiary/aromatic N) is 1. The molecule has 2 N–H and O–H groups in total. The van der Waals surface area contributed by atoms with E-state index in [2.05, 4.69) is 6.92 Å². The molecule has 25 heavy (non-hydrogen) atoms. The largest absolute Gasteiger partial charge is 0.544 e. The first-order chi connectivity index (χ1) is 11.4. The highest BCUT2D eigenvalue weighted by atomic mass is 32.3. The molecule has 0 radical (unpaired) electrons. The predicted octanol–water partition coefficient (Wildman–Crippen LogP) is 2.47. The molecule has 0 amide bonds. The second kappa shape index (κ2) is 14.5. The lowest BCUT2D eigenvalue weighted by Gasteiger charge is -2.34. The number of carbonyl (C=O) groups excluding carboxylic acids is 1. The Morgan fingerprint density at radius 3 is 1.48 bits per heavy atom. The Bertz CT molecular complexity index is 423. The van der Waals surface area contributed by atoms with E-state index in [1.807, 2.05) is 21.1 Å². The maximum atomic E-state index is 11.1. The monoisotopic (exact) mass is 383 g/mol. The molecule has 1 unspecified atom stereocenters. The van der Waals surface area contributed by atoms with Gasteiger partial charge in [-0.3, -0.25) is 9.11 Å². The van der Waals surface area contributed by atoms with Gasteiger partial charge in [0.25, 0.3) is 0 Å². The summed E-state index contributed by atoms with van der Waals surface area (Å²) < 4.78 is 32.0. The number of hydrogen-bond donors (Lipinski definition) is 2. The number of carboxylic acid groups (broad SMARTS) is 1. The Morgan fingerprint density at radius 2 is 1.20 bits per heavy atom. The van der Waals surface area contributed by atoms with Gasteiger partial charge in [0, 0.05) is 6.42 Å². The van der Waals surface area contributed by atoms with Crippen molar-refractivity contribution in [3.05, 3.63) is 0 Å². The Morgan fingerprint density at radius 1 is 0.880 bits per heavy atom. The molecular weight excluding hydrogens is 346 g/mol. The van der Waals surface area contributed by atoms with Crippen molar-refractivity contribution < 1.29 is 31.9 Å². The lowest BCUT2D eigenvalue weighted by atomic mass is 10.0. The van der Waals surface area contributed by atoms with Crippen molar-refractivity contribution in [2.45, 2.75) is 83.6 Å². The summed E-state index contributed by atoms with van der Waals surface area (Å²) in [5.74, 6) is -0.909. The van der Waals surface area contributed by atoms with Crippen LogP contribution in [0.1, 0.15) is 77.6 Å². The standard InChI is InChI=1S/C17H35NO2.H2O4S/c1-5-6-7-8-9-10-11-12-13-14-15-16(17(19)20)18(2,3)4;1-5(2,3)4/h16H,5-15H2,1-4H3;(H2,1,2,3,4). The summed E-state index contributed by atoms with van der Waals surface area (Å²) in [6.07, 6.45) is 13.6. The molecule has 152 valence electrons. The number of hydrogen-bond acceptors (Lipinski definition) is 4. The minimum atomic E-state index is -4.67. The summed E-state index contributed by atoms with van der Waals surface area (Å²) >= 11 is 0. The van der Waals surface area contributed by atoms with Crippen LogP contribution in [0.2, 0.25) is 0 Å². The van der Waals surface area contributed by atoms with Gasteiger partial charge in [-0.1, -0.05) is 64.7 Å². The van der Waals surface area contributed by atoms with Gasteiger partial charge in [0.1, 0.15) is 6.04 Å². The summed E-state index contributed by atoms with van der Waals surface area (Å²) in [6.45, 7) is 2.25. The molecule has 0 aromatic carbocycles. The van der Waals surface area contributed by atoms with E-state index in [0.717, 1.165) is 19.3 Å². The van der Waals surface area contributed by atoms with Gasteiger partial charge >= 0.3 is 10.4 Å². The van der Waals surface area contributed by atoms with Crippen LogP contribution in [-0.2, 0) is 15.2 Å². The quantitative estimate of drug-likeness (QED) is 0.287. The first-order valence-corrected chi connectivity index (χ1v) is 10.5. The number of rotatable bonds is 13. The van der Waals surface area contributed by atoms with E-state index < -0.39 is 16.4 Å². The lowest BCUT2D eigenvalue weighted by molar-refractivity contribution is -0.889. The molecule has 0 fully saturated rings. The topological polar surface area (TPSA) is 115 Å². The molecule has 0 rings (SSSR count). The molecule has 0 aromatic rings. The number of carbonyl (C=O) groups is 1. The predicted molar refractivity (Wildman–Crippen MR) is 97.5 cm³/mol. The minimum Gasteiger partial charge on any atom is -0.544 e. The first kappa shape index (κ1) is 26.5. The van der Waals surface area contributed by atoms with Crippen molar-refractivity contribution in [3.8, 4) is 0 Å².